The smallest absolute Gasteiger partial charge is 0.277 e. The molecule has 124 valence electrons. The van der Waals surface area contributed by atoms with Gasteiger partial charge in [0.25, 0.3) is 5.91 Å². The maximum atomic E-state index is 12.3. The Kier molecular flexibility index (Phi) is 4.09. The van der Waals surface area contributed by atoms with Crippen molar-refractivity contribution in [2.24, 2.45) is 0 Å². The number of aromatic nitrogens is 4. The van der Waals surface area contributed by atoms with Crippen molar-refractivity contribution in [1.82, 2.24) is 19.3 Å². The van der Waals surface area contributed by atoms with Gasteiger partial charge in [0.15, 0.2) is 11.5 Å². The lowest BCUT2D eigenvalue weighted by Crippen LogP contribution is -2.11. The summed E-state index contributed by atoms with van der Waals surface area (Å²) in [7, 11) is 0. The van der Waals surface area contributed by atoms with Gasteiger partial charge in [-0.3, -0.25) is 9.48 Å². The molecule has 1 aromatic carbocycles. The average molecular weight is 351 g/mol. The molecule has 0 saturated heterocycles. The molecule has 3 aromatic heterocycles. The number of rotatable bonds is 5. The van der Waals surface area contributed by atoms with Crippen LogP contribution in [0.4, 0.5) is 5.69 Å². The monoisotopic (exact) mass is 351 g/mol. The van der Waals surface area contributed by atoms with Gasteiger partial charge in [-0.05, 0) is 23.2 Å². The zero-order valence-corrected chi connectivity index (χ0v) is 13.8. The fraction of sp³-hybridized carbons (Fsp3) is 0.0588. The van der Waals surface area contributed by atoms with Crippen molar-refractivity contribution in [1.29, 1.82) is 0 Å². The normalized spacial score (nSPS) is 10.7. The summed E-state index contributed by atoms with van der Waals surface area (Å²) < 4.78 is 11.0. The summed E-state index contributed by atoms with van der Waals surface area (Å²) in [6.07, 6.45) is 5.05. The number of carbonyl (C=O) groups is 1. The topological polar surface area (TPSA) is 85.8 Å². The van der Waals surface area contributed by atoms with Gasteiger partial charge in [0.1, 0.15) is 0 Å². The first kappa shape index (κ1) is 15.3. The summed E-state index contributed by atoms with van der Waals surface area (Å²) in [6, 6.07) is 13.4. The van der Waals surface area contributed by atoms with Gasteiger partial charge in [-0.2, -0.15) is 5.10 Å². The van der Waals surface area contributed by atoms with Crippen molar-refractivity contribution in [2.45, 2.75) is 6.54 Å². The first-order chi connectivity index (χ1) is 12.3. The van der Waals surface area contributed by atoms with Crippen LogP contribution < -0.4 is 5.32 Å². The zero-order chi connectivity index (χ0) is 17.1. The molecule has 0 fully saturated rings. The lowest BCUT2D eigenvalue weighted by Gasteiger charge is -2.01. The van der Waals surface area contributed by atoms with Gasteiger partial charge in [0.05, 0.1) is 23.3 Å². The largest absolute Gasteiger partial charge is 0.355 e. The van der Waals surface area contributed by atoms with Gasteiger partial charge in [0, 0.05) is 18.5 Å². The van der Waals surface area contributed by atoms with E-state index in [2.05, 4.69) is 19.9 Å². The third-order valence-electron chi connectivity index (χ3n) is 3.50. The van der Waals surface area contributed by atoms with Crippen molar-refractivity contribution in [3.8, 4) is 10.6 Å². The maximum Gasteiger partial charge on any atom is 0.277 e. The van der Waals surface area contributed by atoms with Crippen LogP contribution in [-0.2, 0) is 6.54 Å². The second-order valence-corrected chi connectivity index (χ2v) is 6.15. The molecule has 25 heavy (non-hydrogen) atoms. The second-order valence-electron chi connectivity index (χ2n) is 5.32. The Labute approximate surface area is 147 Å². The number of hydrogen-bond acceptors (Lipinski definition) is 6. The minimum Gasteiger partial charge on any atom is -0.355 e. The van der Waals surface area contributed by atoms with E-state index in [0.717, 1.165) is 10.4 Å². The summed E-state index contributed by atoms with van der Waals surface area (Å²) in [5, 5.41) is 10.8. The van der Waals surface area contributed by atoms with E-state index in [0.29, 0.717) is 18.0 Å². The molecule has 0 radical (unpaired) electrons. The van der Waals surface area contributed by atoms with Gasteiger partial charge in [-0.15, -0.1) is 0 Å². The third kappa shape index (κ3) is 3.48. The molecule has 0 aliphatic carbocycles. The summed E-state index contributed by atoms with van der Waals surface area (Å²) in [5.41, 5.74) is 1.94. The molecule has 8 heteroatoms. The SMILES string of the molecule is O=C(Nc1cnn(Cc2ccccc2)c1)c1cc(-c2ccns2)on1. The zero-order valence-electron chi connectivity index (χ0n) is 13.0. The Balaban J connectivity index is 1.43. The predicted molar refractivity (Wildman–Crippen MR) is 93.3 cm³/mol. The van der Waals surface area contributed by atoms with E-state index >= 15 is 0 Å². The Bertz CT molecular complexity index is 976. The molecule has 0 saturated carbocycles. The number of nitrogens with one attached hydrogen (secondary N) is 1. The van der Waals surface area contributed by atoms with Gasteiger partial charge >= 0.3 is 0 Å². The Morgan fingerprint density at radius 3 is 2.92 bits per heavy atom. The summed E-state index contributed by atoms with van der Waals surface area (Å²) in [5.74, 6) is 0.172. The van der Waals surface area contributed by atoms with Crippen molar-refractivity contribution < 1.29 is 9.32 Å². The van der Waals surface area contributed by atoms with Crippen molar-refractivity contribution >= 4 is 23.1 Å². The Morgan fingerprint density at radius 2 is 2.12 bits per heavy atom. The highest BCUT2D eigenvalue weighted by atomic mass is 32.1. The van der Waals surface area contributed by atoms with E-state index in [-0.39, 0.29) is 11.6 Å². The van der Waals surface area contributed by atoms with E-state index in [9.17, 15) is 4.79 Å². The number of nitrogens with zero attached hydrogens (tertiary/aromatic N) is 4. The molecule has 0 bridgehead atoms. The number of hydrogen-bond donors (Lipinski definition) is 1. The van der Waals surface area contributed by atoms with Crippen molar-refractivity contribution in [2.75, 3.05) is 5.32 Å². The van der Waals surface area contributed by atoms with Crippen LogP contribution in [0.3, 0.4) is 0 Å². The molecule has 1 N–H and O–H groups in total. The molecule has 3 heterocycles. The fourth-order valence-electron chi connectivity index (χ4n) is 2.32. The predicted octanol–water partition coefficient (Wildman–Crippen LogP) is 3.30. The molecule has 0 spiro atoms. The second kappa shape index (κ2) is 6.70. The minimum atomic E-state index is -0.348. The molecule has 0 unspecified atom stereocenters. The van der Waals surface area contributed by atoms with Crippen LogP contribution in [0.25, 0.3) is 10.6 Å². The van der Waals surface area contributed by atoms with E-state index in [1.807, 2.05) is 30.3 Å². The van der Waals surface area contributed by atoms with Crippen molar-refractivity contribution in [3.05, 3.63) is 72.3 Å². The Morgan fingerprint density at radius 1 is 1.24 bits per heavy atom. The van der Waals surface area contributed by atoms with Crippen LogP contribution in [0.5, 0.6) is 0 Å². The van der Waals surface area contributed by atoms with Gasteiger partial charge in [-0.1, -0.05) is 35.5 Å². The number of amides is 1. The maximum absolute atomic E-state index is 12.3. The molecule has 1 amide bonds. The molecule has 7 nitrogen and oxygen atoms in total. The van der Waals surface area contributed by atoms with Crippen LogP contribution in [0.15, 0.2) is 65.6 Å². The van der Waals surface area contributed by atoms with Gasteiger partial charge in [0.2, 0.25) is 0 Å². The average Bonchev–Trinajstić information content (AvgIpc) is 3.37. The first-order valence-electron chi connectivity index (χ1n) is 7.53. The van der Waals surface area contributed by atoms with E-state index < -0.39 is 0 Å². The molecular formula is C17H13N5O2S. The number of benzene rings is 1. The molecular weight excluding hydrogens is 338 g/mol. The molecule has 0 atom stereocenters. The lowest BCUT2D eigenvalue weighted by atomic mass is 10.2. The van der Waals surface area contributed by atoms with E-state index in [4.69, 9.17) is 4.52 Å². The van der Waals surface area contributed by atoms with E-state index in [1.54, 1.807) is 35.4 Å². The van der Waals surface area contributed by atoms with E-state index in [1.165, 1.54) is 11.5 Å². The van der Waals surface area contributed by atoms with Gasteiger partial charge < -0.3 is 9.84 Å². The van der Waals surface area contributed by atoms with Crippen LogP contribution >= 0.6 is 11.5 Å². The van der Waals surface area contributed by atoms with Crippen LogP contribution in [-0.4, -0.2) is 25.2 Å². The summed E-state index contributed by atoms with van der Waals surface area (Å²) in [4.78, 5) is 13.1. The van der Waals surface area contributed by atoms with Gasteiger partial charge in [-0.25, -0.2) is 4.37 Å². The third-order valence-corrected chi connectivity index (χ3v) is 4.26. The lowest BCUT2D eigenvalue weighted by molar-refractivity contribution is 0.101. The van der Waals surface area contributed by atoms with Crippen LogP contribution in [0.2, 0.25) is 0 Å². The standard InChI is InChI=1S/C17H13N5O2S/c23-17(14-8-15(24-21-14)16-6-7-19-25-16)20-13-9-18-22(11-13)10-12-4-2-1-3-5-12/h1-9,11H,10H2,(H,20,23). The van der Waals surface area contributed by atoms with Crippen LogP contribution in [0, 0.1) is 0 Å². The quantitative estimate of drug-likeness (QED) is 0.596. The molecule has 0 aliphatic heterocycles. The molecule has 0 aliphatic rings. The molecule has 4 rings (SSSR count). The van der Waals surface area contributed by atoms with Crippen LogP contribution in [0.1, 0.15) is 16.1 Å². The highest BCUT2D eigenvalue weighted by molar-refractivity contribution is 7.09. The summed E-state index contributed by atoms with van der Waals surface area (Å²) >= 11 is 1.28. The fourth-order valence-corrected chi connectivity index (χ4v) is 2.86. The van der Waals surface area contributed by atoms with Crippen molar-refractivity contribution in [3.63, 3.8) is 0 Å². The first-order valence-corrected chi connectivity index (χ1v) is 8.31. The number of anilines is 1. The summed E-state index contributed by atoms with van der Waals surface area (Å²) in [6.45, 7) is 0.635. The minimum absolute atomic E-state index is 0.208. The highest BCUT2D eigenvalue weighted by Crippen LogP contribution is 2.23. The highest BCUT2D eigenvalue weighted by Gasteiger charge is 2.15. The number of carbonyl (C=O) groups excluding carboxylic acids is 1. The Hall–Kier alpha value is -3.26. The molecule has 4 aromatic rings.